The highest BCUT2D eigenvalue weighted by Gasteiger charge is 2.11. The molecule has 0 fully saturated rings. The van der Waals surface area contributed by atoms with Gasteiger partial charge in [-0.2, -0.15) is 0 Å². The van der Waals surface area contributed by atoms with Crippen molar-refractivity contribution < 1.29 is 4.42 Å². The van der Waals surface area contributed by atoms with Crippen molar-refractivity contribution in [1.29, 1.82) is 0 Å². The van der Waals surface area contributed by atoms with E-state index in [1.807, 2.05) is 26.1 Å². The van der Waals surface area contributed by atoms with Crippen molar-refractivity contribution in [2.75, 3.05) is 13.6 Å². The molecule has 5 heteroatoms. The fourth-order valence-corrected chi connectivity index (χ4v) is 1.39. The van der Waals surface area contributed by atoms with E-state index in [-0.39, 0.29) is 0 Å². The summed E-state index contributed by atoms with van der Waals surface area (Å²) in [6, 6.07) is 3.86. The molecule has 0 aliphatic rings. The molecule has 5 nitrogen and oxygen atoms in total. The zero-order chi connectivity index (χ0) is 11.4. The van der Waals surface area contributed by atoms with Crippen molar-refractivity contribution in [2.24, 2.45) is 0 Å². The van der Waals surface area contributed by atoms with Gasteiger partial charge in [-0.25, -0.2) is 0 Å². The van der Waals surface area contributed by atoms with E-state index in [9.17, 15) is 0 Å². The highest BCUT2D eigenvalue weighted by molar-refractivity contribution is 5.51. The minimum absolute atomic E-state index is 0.490. The number of aromatic nitrogens is 3. The standard InChI is InChI=1S/C11H14N4O/c1-8-4-3-6-13-10(8)11-15-14-9(16-11)5-7-12-2/h3-4,6,12H,5,7H2,1-2H3. The lowest BCUT2D eigenvalue weighted by atomic mass is 10.2. The summed E-state index contributed by atoms with van der Waals surface area (Å²) in [6.07, 6.45) is 2.45. The van der Waals surface area contributed by atoms with Crippen LogP contribution in [0, 0.1) is 6.92 Å². The largest absolute Gasteiger partial charge is 0.419 e. The predicted molar refractivity (Wildman–Crippen MR) is 59.9 cm³/mol. The zero-order valence-corrected chi connectivity index (χ0v) is 9.40. The summed E-state index contributed by atoms with van der Waals surface area (Å²) in [4.78, 5) is 4.23. The van der Waals surface area contributed by atoms with Gasteiger partial charge in [-0.15, -0.1) is 10.2 Å². The molecule has 0 amide bonds. The maximum atomic E-state index is 5.53. The quantitative estimate of drug-likeness (QED) is 0.835. The average molecular weight is 218 g/mol. The van der Waals surface area contributed by atoms with Gasteiger partial charge in [0, 0.05) is 19.2 Å². The summed E-state index contributed by atoms with van der Waals surface area (Å²) in [7, 11) is 1.89. The van der Waals surface area contributed by atoms with Crippen LogP contribution in [0.25, 0.3) is 11.6 Å². The number of nitrogens with zero attached hydrogens (tertiary/aromatic N) is 3. The number of likely N-dealkylation sites (N-methyl/N-ethyl adjacent to an activating group) is 1. The molecule has 0 unspecified atom stereocenters. The van der Waals surface area contributed by atoms with Crippen molar-refractivity contribution in [1.82, 2.24) is 20.5 Å². The van der Waals surface area contributed by atoms with Gasteiger partial charge in [0.15, 0.2) is 0 Å². The minimum Gasteiger partial charge on any atom is -0.419 e. The predicted octanol–water partition coefficient (Wildman–Crippen LogP) is 1.20. The van der Waals surface area contributed by atoms with Gasteiger partial charge in [0.25, 0.3) is 5.89 Å². The van der Waals surface area contributed by atoms with Crippen LogP contribution >= 0.6 is 0 Å². The number of nitrogens with one attached hydrogen (secondary N) is 1. The van der Waals surface area contributed by atoms with E-state index in [0.29, 0.717) is 11.8 Å². The van der Waals surface area contributed by atoms with E-state index in [1.165, 1.54) is 0 Å². The third-order valence-electron chi connectivity index (χ3n) is 2.27. The van der Waals surface area contributed by atoms with Crippen LogP contribution in [0.1, 0.15) is 11.5 Å². The molecule has 0 bridgehead atoms. The van der Waals surface area contributed by atoms with Gasteiger partial charge in [0.05, 0.1) is 0 Å². The first-order valence-electron chi connectivity index (χ1n) is 5.20. The molecule has 0 aliphatic heterocycles. The molecule has 2 heterocycles. The van der Waals surface area contributed by atoms with Crippen molar-refractivity contribution in [2.45, 2.75) is 13.3 Å². The number of rotatable bonds is 4. The van der Waals surface area contributed by atoms with Crippen LogP contribution in [0.2, 0.25) is 0 Å². The summed E-state index contributed by atoms with van der Waals surface area (Å²) in [5.41, 5.74) is 1.79. The van der Waals surface area contributed by atoms with Gasteiger partial charge in [-0.05, 0) is 25.6 Å². The van der Waals surface area contributed by atoms with Gasteiger partial charge in [-0.1, -0.05) is 6.07 Å². The molecule has 2 rings (SSSR count). The minimum atomic E-state index is 0.490. The van der Waals surface area contributed by atoms with E-state index in [4.69, 9.17) is 4.42 Å². The molecule has 2 aromatic heterocycles. The SMILES string of the molecule is CNCCc1nnc(-c2ncccc2C)o1. The molecule has 1 N–H and O–H groups in total. The van der Waals surface area contributed by atoms with E-state index >= 15 is 0 Å². The smallest absolute Gasteiger partial charge is 0.266 e. The van der Waals surface area contributed by atoms with Crippen LogP contribution < -0.4 is 5.32 Å². The first-order chi connectivity index (χ1) is 7.81. The molecule has 0 saturated carbocycles. The molecule has 0 atom stereocenters. The van der Waals surface area contributed by atoms with Crippen LogP contribution in [0.5, 0.6) is 0 Å². The number of hydrogen-bond donors (Lipinski definition) is 1. The van der Waals surface area contributed by atoms with Crippen molar-refractivity contribution in [3.63, 3.8) is 0 Å². The van der Waals surface area contributed by atoms with Crippen LogP contribution in [0.15, 0.2) is 22.7 Å². The van der Waals surface area contributed by atoms with Gasteiger partial charge in [0.2, 0.25) is 5.89 Å². The average Bonchev–Trinajstić information content (AvgIpc) is 2.75. The molecule has 0 spiro atoms. The van der Waals surface area contributed by atoms with Crippen molar-refractivity contribution in [3.8, 4) is 11.6 Å². The first-order valence-corrected chi connectivity index (χ1v) is 5.20. The summed E-state index contributed by atoms with van der Waals surface area (Å²) < 4.78 is 5.53. The Bertz CT molecular complexity index is 467. The summed E-state index contributed by atoms with van der Waals surface area (Å²) in [5.74, 6) is 1.12. The number of aryl methyl sites for hydroxylation is 1. The molecule has 0 saturated heterocycles. The Hall–Kier alpha value is -1.75. The summed E-state index contributed by atoms with van der Waals surface area (Å²) in [6.45, 7) is 2.79. The van der Waals surface area contributed by atoms with Crippen LogP contribution in [0.4, 0.5) is 0 Å². The molecule has 0 radical (unpaired) electrons. The van der Waals surface area contributed by atoms with E-state index in [1.54, 1.807) is 6.20 Å². The zero-order valence-electron chi connectivity index (χ0n) is 9.40. The van der Waals surface area contributed by atoms with E-state index < -0.39 is 0 Å². The van der Waals surface area contributed by atoms with E-state index in [2.05, 4.69) is 20.5 Å². The molecule has 2 aromatic rings. The fourth-order valence-electron chi connectivity index (χ4n) is 1.39. The topological polar surface area (TPSA) is 63.8 Å². The highest BCUT2D eigenvalue weighted by atomic mass is 16.4. The maximum absolute atomic E-state index is 5.53. The van der Waals surface area contributed by atoms with Crippen molar-refractivity contribution >= 4 is 0 Å². The Morgan fingerprint density at radius 3 is 3.00 bits per heavy atom. The lowest BCUT2D eigenvalue weighted by molar-refractivity contribution is 0.498. The Kier molecular flexibility index (Phi) is 3.26. The van der Waals surface area contributed by atoms with Gasteiger partial charge >= 0.3 is 0 Å². The molecular formula is C11H14N4O. The third-order valence-corrected chi connectivity index (χ3v) is 2.27. The molecule has 84 valence electrons. The normalized spacial score (nSPS) is 10.6. The second-order valence-electron chi connectivity index (χ2n) is 3.52. The first kappa shape index (κ1) is 10.8. The summed E-state index contributed by atoms with van der Waals surface area (Å²) in [5, 5.41) is 11.0. The number of hydrogen-bond acceptors (Lipinski definition) is 5. The molecular weight excluding hydrogens is 204 g/mol. The van der Waals surface area contributed by atoms with Crippen LogP contribution in [0.3, 0.4) is 0 Å². The maximum Gasteiger partial charge on any atom is 0.266 e. The highest BCUT2D eigenvalue weighted by Crippen LogP contribution is 2.18. The van der Waals surface area contributed by atoms with Gasteiger partial charge < -0.3 is 9.73 Å². The Morgan fingerprint density at radius 1 is 1.38 bits per heavy atom. The second-order valence-corrected chi connectivity index (χ2v) is 3.52. The molecule has 0 aliphatic carbocycles. The third kappa shape index (κ3) is 2.25. The van der Waals surface area contributed by atoms with Gasteiger partial charge in [0.1, 0.15) is 5.69 Å². The van der Waals surface area contributed by atoms with Crippen LogP contribution in [-0.2, 0) is 6.42 Å². The fraction of sp³-hybridized carbons (Fsp3) is 0.364. The Labute approximate surface area is 93.9 Å². The summed E-state index contributed by atoms with van der Waals surface area (Å²) >= 11 is 0. The Balaban J connectivity index is 2.22. The lowest BCUT2D eigenvalue weighted by Gasteiger charge is -1.97. The number of pyridine rings is 1. The van der Waals surface area contributed by atoms with Crippen LogP contribution in [-0.4, -0.2) is 28.8 Å². The monoisotopic (exact) mass is 218 g/mol. The Morgan fingerprint density at radius 2 is 2.25 bits per heavy atom. The molecule has 16 heavy (non-hydrogen) atoms. The lowest BCUT2D eigenvalue weighted by Crippen LogP contribution is -2.10. The van der Waals surface area contributed by atoms with E-state index in [0.717, 1.165) is 24.2 Å². The molecule has 0 aromatic carbocycles. The van der Waals surface area contributed by atoms with Gasteiger partial charge in [-0.3, -0.25) is 4.98 Å². The van der Waals surface area contributed by atoms with Crippen molar-refractivity contribution in [3.05, 3.63) is 29.8 Å². The second kappa shape index (κ2) is 4.85.